The van der Waals surface area contributed by atoms with Crippen LogP contribution in [0.25, 0.3) is 0 Å². The molecule has 0 bridgehead atoms. The van der Waals surface area contributed by atoms with E-state index in [1.165, 1.54) is 5.57 Å². The summed E-state index contributed by atoms with van der Waals surface area (Å²) in [7, 11) is 0. The van der Waals surface area contributed by atoms with Crippen LogP contribution in [0.4, 0.5) is 0 Å². The number of halogens is 1. The highest BCUT2D eigenvalue weighted by Crippen LogP contribution is 2.75. The average Bonchev–Trinajstić information content (AvgIpc) is 2.97. The molecule has 6 rings (SSSR count). The summed E-state index contributed by atoms with van der Waals surface area (Å²) in [5, 5.41) is 34.5. The Balaban J connectivity index is 1.40. The van der Waals surface area contributed by atoms with Crippen molar-refractivity contribution in [2.24, 2.45) is 56.7 Å². The molecule has 0 aliphatic heterocycles. The molecule has 4 fully saturated rings. The van der Waals surface area contributed by atoms with Crippen LogP contribution in [0.3, 0.4) is 0 Å². The Labute approximate surface area is 263 Å². The number of rotatable bonds is 3. The summed E-state index contributed by atoms with van der Waals surface area (Å²) in [5.74, 6) is 1.13. The van der Waals surface area contributed by atoms with Gasteiger partial charge in [-0.2, -0.15) is 0 Å². The molecule has 0 saturated heterocycles. The topological polar surface area (TPSA) is 87.0 Å². The van der Waals surface area contributed by atoms with Gasteiger partial charge in [-0.05, 0) is 96.8 Å². The van der Waals surface area contributed by atoms with Gasteiger partial charge in [-0.3, -0.25) is 4.79 Å². The van der Waals surface area contributed by atoms with Crippen LogP contribution in [0.1, 0.15) is 99.0 Å². The summed E-state index contributed by atoms with van der Waals surface area (Å²) in [5.41, 5.74) is 0.427. The third-order valence-electron chi connectivity index (χ3n) is 14.8. The fraction of sp³-hybridized carbons (Fsp3) is 0.757. The minimum Gasteiger partial charge on any atom is -0.460 e. The lowest BCUT2D eigenvalue weighted by atomic mass is 9.33. The fourth-order valence-electron chi connectivity index (χ4n) is 11.8. The van der Waals surface area contributed by atoms with E-state index in [0.29, 0.717) is 16.9 Å². The smallest absolute Gasteiger partial charge is 0.313 e. The van der Waals surface area contributed by atoms with Gasteiger partial charge >= 0.3 is 5.97 Å². The Bertz CT molecular complexity index is 1310. The number of esters is 1. The van der Waals surface area contributed by atoms with Crippen LogP contribution in [-0.2, 0) is 16.1 Å². The SMILES string of the molecule is C[C@H]1[C@H](C)CC[C@]2(C(=O)OCc3ccccc3Cl)CC[C@]3(C)C(=CC[C@@H]4[C@@]5(C)[C@@H](O)[C@H](O)[C@H](O)C(C)(C)[C@@H]5CC[C@]43C)[C@H]12. The normalized spacial score (nSPS) is 48.6. The van der Waals surface area contributed by atoms with Gasteiger partial charge in [0.25, 0.3) is 0 Å². The molecule has 3 N–H and O–H groups in total. The minimum absolute atomic E-state index is 0.0800. The molecule has 5 nitrogen and oxygen atoms in total. The second kappa shape index (κ2) is 10.3. The van der Waals surface area contributed by atoms with Crippen LogP contribution in [0.15, 0.2) is 35.9 Å². The molecule has 6 heteroatoms. The van der Waals surface area contributed by atoms with Crippen molar-refractivity contribution in [1.82, 2.24) is 0 Å². The maximum absolute atomic E-state index is 14.3. The first-order chi connectivity index (χ1) is 20.1. The van der Waals surface area contributed by atoms with Crippen LogP contribution in [-0.4, -0.2) is 39.6 Å². The van der Waals surface area contributed by atoms with Crippen molar-refractivity contribution in [2.45, 2.75) is 118 Å². The maximum Gasteiger partial charge on any atom is 0.313 e. The molecule has 43 heavy (non-hydrogen) atoms. The van der Waals surface area contributed by atoms with Gasteiger partial charge in [0, 0.05) is 16.0 Å². The fourth-order valence-corrected chi connectivity index (χ4v) is 12.0. The standard InChI is InChI=1S/C37H53ClO5/c1-21-14-17-37(32(42)43-20-23-10-8-9-11-25(23)38)19-18-34(5)24(28(37)22(21)2)12-13-27-35(34,6)16-15-26-33(3,4)30(40)29(39)31(41)36(26,27)7/h8-12,21-22,26-31,39-41H,13-20H2,1-7H3/t21-,22+,26+,27+,28+,29-,30+,31+,34-,35-,36+,37+/m1/s1. The van der Waals surface area contributed by atoms with Gasteiger partial charge in [0.15, 0.2) is 0 Å². The lowest BCUT2D eigenvalue weighted by molar-refractivity contribution is -0.278. The summed E-state index contributed by atoms with van der Waals surface area (Å²) >= 11 is 6.42. The van der Waals surface area contributed by atoms with E-state index in [4.69, 9.17) is 16.3 Å². The van der Waals surface area contributed by atoms with Crippen LogP contribution in [0.2, 0.25) is 5.02 Å². The number of aliphatic hydroxyl groups excluding tert-OH is 3. The second-order valence-corrected chi connectivity index (χ2v) is 16.9. The summed E-state index contributed by atoms with van der Waals surface area (Å²) in [6.45, 7) is 16.1. The quantitative estimate of drug-likeness (QED) is 0.245. The number of aliphatic hydroxyl groups is 3. The molecular formula is C37H53ClO5. The predicted molar refractivity (Wildman–Crippen MR) is 169 cm³/mol. The van der Waals surface area contributed by atoms with Crippen LogP contribution < -0.4 is 0 Å². The van der Waals surface area contributed by atoms with Crippen molar-refractivity contribution < 1.29 is 24.9 Å². The lowest BCUT2D eigenvalue weighted by Gasteiger charge is -2.72. The van der Waals surface area contributed by atoms with E-state index in [-0.39, 0.29) is 41.2 Å². The molecule has 238 valence electrons. The highest BCUT2D eigenvalue weighted by Gasteiger charge is 2.72. The van der Waals surface area contributed by atoms with Crippen LogP contribution >= 0.6 is 11.6 Å². The van der Waals surface area contributed by atoms with E-state index in [0.717, 1.165) is 50.5 Å². The zero-order chi connectivity index (χ0) is 31.3. The van der Waals surface area contributed by atoms with Crippen LogP contribution in [0, 0.1) is 56.7 Å². The van der Waals surface area contributed by atoms with E-state index in [2.05, 4.69) is 54.5 Å². The monoisotopic (exact) mass is 612 g/mol. The van der Waals surface area contributed by atoms with Gasteiger partial charge in [0.2, 0.25) is 0 Å². The molecule has 0 heterocycles. The van der Waals surface area contributed by atoms with Crippen molar-refractivity contribution >= 4 is 17.6 Å². The summed E-state index contributed by atoms with van der Waals surface area (Å²) in [6.07, 6.45) is 5.62. The van der Waals surface area contributed by atoms with Gasteiger partial charge in [0.05, 0.1) is 17.6 Å². The molecule has 12 atom stereocenters. The molecule has 5 aliphatic carbocycles. The first-order valence-corrected chi connectivity index (χ1v) is 17.1. The van der Waals surface area contributed by atoms with E-state index >= 15 is 0 Å². The van der Waals surface area contributed by atoms with Gasteiger partial charge in [0.1, 0.15) is 12.7 Å². The third kappa shape index (κ3) is 4.09. The highest BCUT2D eigenvalue weighted by atomic mass is 35.5. The first-order valence-electron chi connectivity index (χ1n) is 16.7. The molecule has 5 aliphatic rings. The van der Waals surface area contributed by atoms with E-state index in [9.17, 15) is 20.1 Å². The zero-order valence-electron chi connectivity index (χ0n) is 27.2. The Morgan fingerprint density at radius 1 is 0.930 bits per heavy atom. The summed E-state index contributed by atoms with van der Waals surface area (Å²) in [4.78, 5) is 14.3. The molecule has 0 amide bonds. The van der Waals surface area contributed by atoms with Crippen molar-refractivity contribution in [3.05, 3.63) is 46.5 Å². The average molecular weight is 613 g/mol. The number of carbonyl (C=O) groups is 1. The molecule has 0 spiro atoms. The second-order valence-electron chi connectivity index (χ2n) is 16.5. The van der Waals surface area contributed by atoms with E-state index in [1.54, 1.807) is 0 Å². The van der Waals surface area contributed by atoms with Crippen molar-refractivity contribution in [3.63, 3.8) is 0 Å². The third-order valence-corrected chi connectivity index (χ3v) is 15.2. The molecule has 0 radical (unpaired) electrons. The maximum atomic E-state index is 14.3. The number of ether oxygens (including phenoxy) is 1. The van der Waals surface area contributed by atoms with Crippen molar-refractivity contribution in [2.75, 3.05) is 0 Å². The zero-order valence-corrected chi connectivity index (χ0v) is 28.0. The Morgan fingerprint density at radius 2 is 1.63 bits per heavy atom. The Morgan fingerprint density at radius 3 is 2.33 bits per heavy atom. The molecule has 0 unspecified atom stereocenters. The number of carbonyl (C=O) groups excluding carboxylic acids is 1. The van der Waals surface area contributed by atoms with Gasteiger partial charge in [-0.25, -0.2) is 0 Å². The molecule has 1 aromatic rings. The number of hydrogen-bond acceptors (Lipinski definition) is 5. The molecule has 4 saturated carbocycles. The Hall–Kier alpha value is -1.40. The van der Waals surface area contributed by atoms with Crippen LogP contribution in [0.5, 0.6) is 0 Å². The highest BCUT2D eigenvalue weighted by molar-refractivity contribution is 6.31. The molecule has 1 aromatic carbocycles. The minimum atomic E-state index is -1.16. The first kappa shape index (κ1) is 31.6. The van der Waals surface area contributed by atoms with E-state index < -0.39 is 34.6 Å². The van der Waals surface area contributed by atoms with Crippen molar-refractivity contribution in [3.8, 4) is 0 Å². The molecule has 0 aromatic heterocycles. The number of benzene rings is 1. The van der Waals surface area contributed by atoms with Crippen molar-refractivity contribution in [1.29, 1.82) is 0 Å². The predicted octanol–water partition coefficient (Wildman–Crippen LogP) is 7.34. The largest absolute Gasteiger partial charge is 0.460 e. The summed E-state index contributed by atoms with van der Waals surface area (Å²) in [6, 6.07) is 7.58. The van der Waals surface area contributed by atoms with E-state index in [1.807, 2.05) is 24.3 Å². The number of fused-ring (bicyclic) bond motifs is 7. The molecular weight excluding hydrogens is 560 g/mol. The lowest BCUT2D eigenvalue weighted by Crippen LogP contribution is -2.72. The Kier molecular flexibility index (Phi) is 7.57. The van der Waals surface area contributed by atoms with Gasteiger partial charge in [-0.15, -0.1) is 0 Å². The number of allylic oxidation sites excluding steroid dienone is 2. The summed E-state index contributed by atoms with van der Waals surface area (Å²) < 4.78 is 6.15. The number of hydrogen-bond donors (Lipinski definition) is 3. The van der Waals surface area contributed by atoms with Gasteiger partial charge in [-0.1, -0.05) is 89.9 Å². The van der Waals surface area contributed by atoms with Gasteiger partial charge < -0.3 is 20.1 Å².